The average Bonchev–Trinajstić information content (AvgIpc) is 3.53. The first-order valence-electron chi connectivity index (χ1n) is 17.5. The van der Waals surface area contributed by atoms with Crippen LogP contribution in [-0.2, 0) is 49.6 Å². The van der Waals surface area contributed by atoms with Gasteiger partial charge in [0.2, 0.25) is 0 Å². The Morgan fingerprint density at radius 2 is 1.13 bits per heavy atom. The van der Waals surface area contributed by atoms with Crippen LogP contribution in [0.4, 0.5) is 0 Å². The summed E-state index contributed by atoms with van der Waals surface area (Å²) in [5.74, 6) is 1.00. The zero-order valence-electron chi connectivity index (χ0n) is 29.6. The number of ether oxygens (including phenoxy) is 4. The van der Waals surface area contributed by atoms with Crippen molar-refractivity contribution in [2.24, 2.45) is 10.8 Å². The lowest BCUT2D eigenvalue weighted by molar-refractivity contribution is -0.167. The largest absolute Gasteiger partial charge is 0.465 e. The Morgan fingerprint density at radius 1 is 0.723 bits per heavy atom. The quantitative estimate of drug-likeness (QED) is 0.0578. The lowest BCUT2D eigenvalue weighted by atomic mass is 9.80. The number of hydrogen-bond donors (Lipinski definition) is 0. The molecule has 47 heavy (non-hydrogen) atoms. The maximum Gasteiger partial charge on any atom is 0.323 e. The zero-order valence-corrected chi connectivity index (χ0v) is 31.3. The van der Waals surface area contributed by atoms with Crippen LogP contribution in [0.1, 0.15) is 120 Å². The second-order valence-electron chi connectivity index (χ2n) is 13.1. The highest BCUT2D eigenvalue weighted by Gasteiger charge is 2.56. The third kappa shape index (κ3) is 9.49. The highest BCUT2D eigenvalue weighted by atomic mass is 32.2. The standard InChI is InChI=1S/C37H56O8S2/c1-8-12-14-16-36(32(38)42-10-3)19-28(44-34(36)40)21-46-23-30-25(5)18-26(6)31(27(30)7)24-47-22-29-20-37(35(41)45-29,17-15-13-9-2)33(39)43-11-4/h18,28-29H,8-17,19-24H2,1-7H3. The van der Waals surface area contributed by atoms with E-state index in [9.17, 15) is 19.2 Å². The first kappa shape index (κ1) is 39.2. The molecule has 1 aromatic rings. The highest BCUT2D eigenvalue weighted by Crippen LogP contribution is 2.43. The Kier molecular flexibility index (Phi) is 15.5. The lowest BCUT2D eigenvalue weighted by Crippen LogP contribution is -2.37. The van der Waals surface area contributed by atoms with Crippen LogP contribution in [-0.4, -0.2) is 60.8 Å². The highest BCUT2D eigenvalue weighted by molar-refractivity contribution is 7.98. The molecule has 0 amide bonds. The smallest absolute Gasteiger partial charge is 0.323 e. The molecule has 0 bridgehead atoms. The first-order chi connectivity index (χ1) is 22.5. The maximum absolute atomic E-state index is 13.0. The fourth-order valence-electron chi connectivity index (χ4n) is 6.88. The van der Waals surface area contributed by atoms with Crippen LogP contribution in [0, 0.1) is 31.6 Å². The number of aryl methyl sites for hydroxylation is 2. The first-order valence-corrected chi connectivity index (χ1v) is 19.8. The number of rotatable bonds is 20. The molecule has 0 aliphatic carbocycles. The summed E-state index contributed by atoms with van der Waals surface area (Å²) in [6, 6.07) is 2.23. The van der Waals surface area contributed by atoms with Gasteiger partial charge in [-0.05, 0) is 75.3 Å². The summed E-state index contributed by atoms with van der Waals surface area (Å²) in [6.45, 7) is 14.6. The van der Waals surface area contributed by atoms with Crippen LogP contribution in [0.3, 0.4) is 0 Å². The van der Waals surface area contributed by atoms with Crippen LogP contribution < -0.4 is 0 Å². The summed E-state index contributed by atoms with van der Waals surface area (Å²) >= 11 is 3.45. The molecule has 0 N–H and O–H groups in total. The van der Waals surface area contributed by atoms with E-state index in [2.05, 4.69) is 40.7 Å². The number of hydrogen-bond acceptors (Lipinski definition) is 10. The molecule has 10 heteroatoms. The van der Waals surface area contributed by atoms with Gasteiger partial charge in [0.25, 0.3) is 0 Å². The van der Waals surface area contributed by atoms with E-state index in [1.54, 1.807) is 37.4 Å². The Hall–Kier alpha value is -2.20. The summed E-state index contributed by atoms with van der Waals surface area (Å²) in [4.78, 5) is 51.9. The van der Waals surface area contributed by atoms with Gasteiger partial charge >= 0.3 is 23.9 Å². The predicted molar refractivity (Wildman–Crippen MR) is 188 cm³/mol. The minimum atomic E-state index is -1.18. The van der Waals surface area contributed by atoms with Crippen molar-refractivity contribution in [1.82, 2.24) is 0 Å². The van der Waals surface area contributed by atoms with Gasteiger partial charge in [0.1, 0.15) is 12.2 Å². The topological polar surface area (TPSA) is 105 Å². The number of cyclic esters (lactones) is 2. The van der Waals surface area contributed by atoms with Crippen LogP contribution in [0.25, 0.3) is 0 Å². The summed E-state index contributed by atoms with van der Waals surface area (Å²) in [5, 5.41) is 0. The second kappa shape index (κ2) is 18.5. The summed E-state index contributed by atoms with van der Waals surface area (Å²) < 4.78 is 22.2. The third-order valence-corrected chi connectivity index (χ3v) is 11.8. The van der Waals surface area contributed by atoms with Crippen LogP contribution in [0.2, 0.25) is 0 Å². The van der Waals surface area contributed by atoms with Crippen molar-refractivity contribution in [2.75, 3.05) is 24.7 Å². The van der Waals surface area contributed by atoms with E-state index >= 15 is 0 Å². The number of esters is 4. The van der Waals surface area contributed by atoms with E-state index in [1.807, 2.05) is 0 Å². The van der Waals surface area contributed by atoms with Crippen molar-refractivity contribution in [1.29, 1.82) is 0 Å². The van der Waals surface area contributed by atoms with Crippen molar-refractivity contribution in [2.45, 2.75) is 136 Å². The number of carbonyl (C=O) groups is 4. The number of unbranched alkanes of at least 4 members (excludes halogenated alkanes) is 4. The zero-order chi connectivity index (χ0) is 34.6. The summed E-state index contributed by atoms with van der Waals surface area (Å²) in [5.41, 5.74) is 3.86. The minimum Gasteiger partial charge on any atom is -0.465 e. The van der Waals surface area contributed by atoms with Gasteiger partial charge in [-0.15, -0.1) is 0 Å². The molecule has 1 aromatic carbocycles. The fourth-order valence-corrected chi connectivity index (χ4v) is 9.31. The minimum absolute atomic E-state index is 0.243. The Balaban J connectivity index is 1.61. The number of carbonyl (C=O) groups excluding carboxylic acids is 4. The molecule has 0 aromatic heterocycles. The number of benzene rings is 1. The molecule has 2 heterocycles. The van der Waals surface area contributed by atoms with Gasteiger partial charge in [0.05, 0.1) is 13.2 Å². The molecule has 264 valence electrons. The van der Waals surface area contributed by atoms with E-state index in [0.29, 0.717) is 37.2 Å². The van der Waals surface area contributed by atoms with E-state index in [1.165, 1.54) is 27.8 Å². The van der Waals surface area contributed by atoms with Gasteiger partial charge in [-0.25, -0.2) is 0 Å². The predicted octanol–water partition coefficient (Wildman–Crippen LogP) is 7.97. The molecular formula is C37H56O8S2. The van der Waals surface area contributed by atoms with Gasteiger partial charge in [-0.3, -0.25) is 19.2 Å². The lowest BCUT2D eigenvalue weighted by Gasteiger charge is -2.22. The Labute approximate surface area is 290 Å². The molecule has 2 aliphatic heterocycles. The molecule has 0 saturated carbocycles. The Morgan fingerprint density at radius 3 is 1.49 bits per heavy atom. The van der Waals surface area contributed by atoms with Gasteiger partial charge in [0, 0.05) is 35.9 Å². The molecule has 0 radical (unpaired) electrons. The molecule has 2 saturated heterocycles. The van der Waals surface area contributed by atoms with Gasteiger partial charge in [0.15, 0.2) is 10.8 Å². The van der Waals surface area contributed by atoms with Crippen LogP contribution >= 0.6 is 23.5 Å². The van der Waals surface area contributed by atoms with Gasteiger partial charge < -0.3 is 18.9 Å². The van der Waals surface area contributed by atoms with E-state index < -0.39 is 34.7 Å². The van der Waals surface area contributed by atoms with E-state index in [4.69, 9.17) is 18.9 Å². The van der Waals surface area contributed by atoms with Crippen LogP contribution in [0.5, 0.6) is 0 Å². The maximum atomic E-state index is 13.0. The monoisotopic (exact) mass is 692 g/mol. The molecule has 3 rings (SSSR count). The molecule has 8 nitrogen and oxygen atoms in total. The van der Waals surface area contributed by atoms with Crippen molar-refractivity contribution in [3.05, 3.63) is 33.9 Å². The van der Waals surface area contributed by atoms with Crippen molar-refractivity contribution < 1.29 is 38.1 Å². The normalized spacial score (nSPS) is 23.9. The molecule has 4 unspecified atom stereocenters. The van der Waals surface area contributed by atoms with Crippen LogP contribution in [0.15, 0.2) is 6.07 Å². The van der Waals surface area contributed by atoms with Gasteiger partial charge in [-0.2, -0.15) is 23.5 Å². The van der Waals surface area contributed by atoms with E-state index in [0.717, 1.165) is 50.0 Å². The average molecular weight is 693 g/mol. The van der Waals surface area contributed by atoms with E-state index in [-0.39, 0.29) is 25.4 Å². The molecule has 4 atom stereocenters. The molecular weight excluding hydrogens is 637 g/mol. The second-order valence-corrected chi connectivity index (χ2v) is 15.2. The SMILES string of the molecule is CCCCCC1(C(=O)OCC)CC(CSCc2c(C)cc(C)c(CSCC3CC(CCCCC)(C(=O)OCC)C(=O)O3)c2C)OC1=O. The van der Waals surface area contributed by atoms with Crippen molar-refractivity contribution in [3.63, 3.8) is 0 Å². The van der Waals surface area contributed by atoms with Crippen molar-refractivity contribution in [3.8, 4) is 0 Å². The molecule has 0 spiro atoms. The fraction of sp³-hybridized carbons (Fsp3) is 0.730. The third-order valence-electron chi connectivity index (χ3n) is 9.62. The molecule has 2 fully saturated rings. The van der Waals surface area contributed by atoms with Gasteiger partial charge in [-0.1, -0.05) is 58.4 Å². The number of thioether (sulfide) groups is 2. The summed E-state index contributed by atoms with van der Waals surface area (Å²) in [7, 11) is 0. The van der Waals surface area contributed by atoms with Crippen molar-refractivity contribution >= 4 is 47.4 Å². The summed E-state index contributed by atoms with van der Waals surface area (Å²) in [6.07, 6.45) is 6.56. The molecule has 2 aliphatic rings. The Bertz CT molecular complexity index is 1160.